The molecule has 1 atom stereocenters. The Labute approximate surface area is 194 Å². The van der Waals surface area contributed by atoms with Crippen LogP contribution >= 0.6 is 0 Å². The Morgan fingerprint density at radius 1 is 1.35 bits per heavy atom. The molecule has 0 bridgehead atoms. The molecular weight excluding hydrogens is 452 g/mol. The standard InChI is InChI=1S/C22H24F4N8/c1-30-20-18(15(10-28)11-31-12-22(24,25)26)19(13-2-3-14(9-27)17(23)8-13)32-21(33-20)34-6-4-16(29)5-7-34/h2-3,8,10-11,15-16,28H,4-7,12,29H2,1H3,(H,30,32,33). The Kier molecular flexibility index (Phi) is 7.78. The third kappa shape index (κ3) is 5.85. The second kappa shape index (κ2) is 10.6. The fourth-order valence-electron chi connectivity index (χ4n) is 3.65. The number of alkyl halides is 3. The lowest BCUT2D eigenvalue weighted by Gasteiger charge is -2.31. The van der Waals surface area contributed by atoms with Gasteiger partial charge in [0.15, 0.2) is 0 Å². The van der Waals surface area contributed by atoms with Crippen LogP contribution in [0, 0.1) is 22.6 Å². The lowest BCUT2D eigenvalue weighted by atomic mass is 9.95. The molecular formula is C22H24F4N8. The van der Waals surface area contributed by atoms with Crippen molar-refractivity contribution in [3.63, 3.8) is 0 Å². The lowest BCUT2D eigenvalue weighted by Crippen LogP contribution is -2.40. The van der Waals surface area contributed by atoms with Crippen LogP contribution in [-0.2, 0) is 0 Å². The van der Waals surface area contributed by atoms with Crippen molar-refractivity contribution < 1.29 is 17.6 Å². The first-order valence-corrected chi connectivity index (χ1v) is 10.5. The SMILES string of the molecule is CNc1nc(N2CCC(N)CC2)nc(-c2ccc(C#N)c(F)c2)c1C(C=N)C=NCC(F)(F)F. The lowest BCUT2D eigenvalue weighted by molar-refractivity contribution is -0.118. The molecule has 2 aromatic rings. The zero-order valence-corrected chi connectivity index (χ0v) is 18.4. The first-order valence-electron chi connectivity index (χ1n) is 10.5. The van der Waals surface area contributed by atoms with Gasteiger partial charge in [0.05, 0.1) is 17.2 Å². The molecule has 0 radical (unpaired) electrons. The molecule has 180 valence electrons. The average Bonchev–Trinajstić information content (AvgIpc) is 2.81. The fourth-order valence-corrected chi connectivity index (χ4v) is 3.65. The maximum absolute atomic E-state index is 14.5. The highest BCUT2D eigenvalue weighted by Crippen LogP contribution is 2.34. The highest BCUT2D eigenvalue weighted by Gasteiger charge is 2.28. The molecule has 4 N–H and O–H groups in total. The Morgan fingerprint density at radius 2 is 2.06 bits per heavy atom. The molecule has 1 aromatic carbocycles. The third-order valence-electron chi connectivity index (χ3n) is 5.41. The summed E-state index contributed by atoms with van der Waals surface area (Å²) >= 11 is 0. The molecule has 8 nitrogen and oxygen atoms in total. The van der Waals surface area contributed by atoms with Gasteiger partial charge in [-0.2, -0.15) is 23.4 Å². The van der Waals surface area contributed by atoms with E-state index >= 15 is 0 Å². The summed E-state index contributed by atoms with van der Waals surface area (Å²) in [5.41, 5.74) is 6.61. The predicted molar refractivity (Wildman–Crippen MR) is 122 cm³/mol. The molecule has 1 unspecified atom stereocenters. The van der Waals surface area contributed by atoms with E-state index in [4.69, 9.17) is 16.4 Å². The highest BCUT2D eigenvalue weighted by atomic mass is 19.4. The minimum atomic E-state index is -4.50. The van der Waals surface area contributed by atoms with E-state index in [0.717, 1.165) is 31.3 Å². The summed E-state index contributed by atoms with van der Waals surface area (Å²) in [7, 11) is 1.58. The number of aliphatic imine (C=N–C) groups is 1. The van der Waals surface area contributed by atoms with Crippen LogP contribution in [0.1, 0.15) is 29.9 Å². The summed E-state index contributed by atoms with van der Waals surface area (Å²) in [4.78, 5) is 14.5. The quantitative estimate of drug-likeness (QED) is 0.415. The Hall–Kier alpha value is -3.59. The Balaban J connectivity index is 2.16. The van der Waals surface area contributed by atoms with Gasteiger partial charge in [0.2, 0.25) is 5.95 Å². The number of piperidine rings is 1. The van der Waals surface area contributed by atoms with Crippen molar-refractivity contribution in [3.05, 3.63) is 35.1 Å². The normalized spacial score (nSPS) is 15.9. The second-order valence-electron chi connectivity index (χ2n) is 7.81. The molecule has 0 saturated carbocycles. The van der Waals surface area contributed by atoms with Gasteiger partial charge in [0.1, 0.15) is 24.2 Å². The first-order chi connectivity index (χ1) is 16.2. The van der Waals surface area contributed by atoms with Crippen molar-refractivity contribution in [1.29, 1.82) is 10.7 Å². The highest BCUT2D eigenvalue weighted by molar-refractivity contribution is 5.94. The minimum Gasteiger partial charge on any atom is -0.373 e. The van der Waals surface area contributed by atoms with E-state index in [1.54, 1.807) is 13.1 Å². The molecule has 1 aromatic heterocycles. The number of hydrogen-bond acceptors (Lipinski definition) is 8. The molecule has 2 heterocycles. The van der Waals surface area contributed by atoms with Crippen LogP contribution < -0.4 is 16.0 Å². The summed E-state index contributed by atoms with van der Waals surface area (Å²) in [5, 5.41) is 19.8. The number of rotatable bonds is 7. The summed E-state index contributed by atoms with van der Waals surface area (Å²) in [5.74, 6) is -1.16. The number of anilines is 2. The van der Waals surface area contributed by atoms with Gasteiger partial charge < -0.3 is 21.4 Å². The Bertz CT molecular complexity index is 1100. The molecule has 1 saturated heterocycles. The predicted octanol–water partition coefficient (Wildman–Crippen LogP) is 3.49. The zero-order chi connectivity index (χ0) is 24.9. The van der Waals surface area contributed by atoms with Crippen molar-refractivity contribution in [3.8, 4) is 17.3 Å². The van der Waals surface area contributed by atoms with E-state index in [0.29, 0.717) is 19.0 Å². The Morgan fingerprint density at radius 3 is 2.62 bits per heavy atom. The summed E-state index contributed by atoms with van der Waals surface area (Å²) in [6.45, 7) is -0.197. The van der Waals surface area contributed by atoms with Gasteiger partial charge in [-0.15, -0.1) is 0 Å². The molecule has 34 heavy (non-hydrogen) atoms. The minimum absolute atomic E-state index is 0.0681. The maximum Gasteiger partial charge on any atom is 0.407 e. The van der Waals surface area contributed by atoms with E-state index in [2.05, 4.69) is 20.3 Å². The van der Waals surface area contributed by atoms with Crippen molar-refractivity contribution in [2.75, 3.05) is 36.9 Å². The van der Waals surface area contributed by atoms with E-state index in [1.165, 1.54) is 12.1 Å². The van der Waals surface area contributed by atoms with E-state index in [1.807, 2.05) is 4.90 Å². The number of nitrogens with zero attached hydrogens (tertiary/aromatic N) is 5. The van der Waals surface area contributed by atoms with Gasteiger partial charge in [0, 0.05) is 49.7 Å². The molecule has 3 rings (SSSR count). The largest absolute Gasteiger partial charge is 0.407 e. The van der Waals surface area contributed by atoms with E-state index in [-0.39, 0.29) is 34.2 Å². The van der Waals surface area contributed by atoms with Crippen LogP contribution in [0.15, 0.2) is 23.2 Å². The van der Waals surface area contributed by atoms with Gasteiger partial charge >= 0.3 is 6.18 Å². The van der Waals surface area contributed by atoms with Crippen molar-refractivity contribution in [1.82, 2.24) is 9.97 Å². The number of nitrogens with two attached hydrogens (primary N) is 1. The van der Waals surface area contributed by atoms with Gasteiger partial charge in [-0.25, -0.2) is 9.37 Å². The number of aromatic nitrogens is 2. The topological polar surface area (TPSA) is 127 Å². The van der Waals surface area contributed by atoms with Crippen LogP contribution in [0.25, 0.3) is 11.3 Å². The monoisotopic (exact) mass is 476 g/mol. The molecule has 0 amide bonds. The molecule has 1 aliphatic heterocycles. The molecule has 12 heteroatoms. The van der Waals surface area contributed by atoms with Gasteiger partial charge in [-0.05, 0) is 25.0 Å². The number of nitrogens with one attached hydrogen (secondary N) is 2. The zero-order valence-electron chi connectivity index (χ0n) is 18.4. The fraction of sp³-hybridized carbons (Fsp3) is 0.409. The first kappa shape index (κ1) is 25.0. The molecule has 0 aliphatic carbocycles. The van der Waals surface area contributed by atoms with Gasteiger partial charge in [0.25, 0.3) is 0 Å². The van der Waals surface area contributed by atoms with Crippen molar-refractivity contribution in [2.24, 2.45) is 10.7 Å². The number of halogens is 4. The molecule has 1 fully saturated rings. The van der Waals surface area contributed by atoms with E-state index < -0.39 is 24.5 Å². The van der Waals surface area contributed by atoms with Crippen LogP contribution in [0.2, 0.25) is 0 Å². The van der Waals surface area contributed by atoms with Crippen LogP contribution in [-0.4, -0.2) is 61.3 Å². The van der Waals surface area contributed by atoms with Crippen LogP contribution in [0.5, 0.6) is 0 Å². The summed E-state index contributed by atoms with van der Waals surface area (Å²) in [6.07, 6.45) is -1.11. The van der Waals surface area contributed by atoms with Crippen LogP contribution in [0.4, 0.5) is 29.3 Å². The average molecular weight is 476 g/mol. The number of nitriles is 1. The number of hydrogen-bond donors (Lipinski definition) is 3. The molecule has 1 aliphatic rings. The van der Waals surface area contributed by atoms with Gasteiger partial charge in [-0.1, -0.05) is 6.07 Å². The summed E-state index contributed by atoms with van der Waals surface area (Å²) < 4.78 is 52.3. The van der Waals surface area contributed by atoms with Crippen LogP contribution in [0.3, 0.4) is 0 Å². The smallest absolute Gasteiger partial charge is 0.373 e. The second-order valence-corrected chi connectivity index (χ2v) is 7.81. The van der Waals surface area contributed by atoms with Crippen molar-refractivity contribution >= 4 is 24.2 Å². The third-order valence-corrected chi connectivity index (χ3v) is 5.41. The van der Waals surface area contributed by atoms with Crippen molar-refractivity contribution in [2.45, 2.75) is 31.0 Å². The van der Waals surface area contributed by atoms with E-state index in [9.17, 15) is 17.6 Å². The maximum atomic E-state index is 14.5. The molecule has 0 spiro atoms. The summed E-state index contributed by atoms with van der Waals surface area (Å²) in [6, 6.07) is 5.75. The van der Waals surface area contributed by atoms with Gasteiger partial charge in [-0.3, -0.25) is 4.99 Å². The number of benzene rings is 1.